The number of hydrogen-bond acceptors (Lipinski definition) is 4. The average Bonchev–Trinajstić information content (AvgIpc) is 2.85. The number of anilines is 1. The summed E-state index contributed by atoms with van der Waals surface area (Å²) in [5.41, 5.74) is 0.845. The molecule has 0 amide bonds. The van der Waals surface area contributed by atoms with Crippen molar-refractivity contribution in [2.24, 2.45) is 0 Å². The third kappa shape index (κ3) is 2.25. The molecule has 3 rings (SSSR count). The normalized spacial score (nSPS) is 24.1. The topological polar surface area (TPSA) is 21.7 Å². The van der Waals surface area contributed by atoms with Gasteiger partial charge in [0.15, 0.2) is 11.5 Å². The number of hydrogen-bond donors (Lipinski definition) is 0. The van der Waals surface area contributed by atoms with Gasteiger partial charge in [0, 0.05) is 18.3 Å². The van der Waals surface area contributed by atoms with Gasteiger partial charge in [-0.15, -0.1) is 20.5 Å². The van der Waals surface area contributed by atoms with Gasteiger partial charge in [-0.1, -0.05) is 13.5 Å². The van der Waals surface area contributed by atoms with E-state index in [0.717, 1.165) is 23.6 Å². The minimum Gasteiger partial charge on any atom is -0.395 e. The minimum absolute atomic E-state index is 0.0764. The molecule has 1 aromatic carbocycles. The van der Waals surface area contributed by atoms with Crippen molar-refractivity contribution in [2.75, 3.05) is 11.4 Å². The monoisotopic (exact) mass is 285 g/mol. The number of nitrogens with zero attached hydrogens (tertiary/aromatic N) is 1. The Balaban J connectivity index is 1.90. The standard InChI is InChI=1S/C13H13F2NO2S/c1-3-12-16(7-8(2)19-12)9-4-5-10-11(6-9)18-13(14,15)17-10/h4-6,12H,2-3,7H2,1H3. The molecule has 1 atom stereocenters. The molecule has 0 aliphatic carbocycles. The number of fused-ring (bicyclic) bond motifs is 1. The molecule has 0 bridgehead atoms. The lowest BCUT2D eigenvalue weighted by Gasteiger charge is -2.24. The quantitative estimate of drug-likeness (QED) is 0.823. The summed E-state index contributed by atoms with van der Waals surface area (Å²) in [5, 5.41) is 0.286. The molecule has 19 heavy (non-hydrogen) atoms. The van der Waals surface area contributed by atoms with E-state index in [1.165, 1.54) is 6.07 Å². The molecule has 1 saturated heterocycles. The Morgan fingerprint density at radius 3 is 2.89 bits per heavy atom. The number of rotatable bonds is 2. The van der Waals surface area contributed by atoms with Crippen LogP contribution in [0.2, 0.25) is 0 Å². The van der Waals surface area contributed by atoms with Crippen molar-refractivity contribution in [3.8, 4) is 11.5 Å². The molecule has 1 fully saturated rings. The first-order valence-electron chi connectivity index (χ1n) is 5.99. The number of halogens is 2. The average molecular weight is 285 g/mol. The molecule has 0 saturated carbocycles. The zero-order valence-corrected chi connectivity index (χ0v) is 11.2. The Bertz CT molecular complexity index is 535. The van der Waals surface area contributed by atoms with Crippen LogP contribution in [0.3, 0.4) is 0 Å². The first-order valence-corrected chi connectivity index (χ1v) is 6.87. The van der Waals surface area contributed by atoms with E-state index in [4.69, 9.17) is 0 Å². The first-order chi connectivity index (χ1) is 8.98. The number of benzene rings is 1. The van der Waals surface area contributed by atoms with Gasteiger partial charge in [0.05, 0.1) is 5.37 Å². The van der Waals surface area contributed by atoms with Gasteiger partial charge in [-0.2, -0.15) is 0 Å². The molecule has 2 aliphatic rings. The Morgan fingerprint density at radius 1 is 1.42 bits per heavy atom. The lowest BCUT2D eigenvalue weighted by atomic mass is 10.2. The van der Waals surface area contributed by atoms with Crippen LogP contribution < -0.4 is 14.4 Å². The summed E-state index contributed by atoms with van der Waals surface area (Å²) in [6.45, 7) is 6.78. The summed E-state index contributed by atoms with van der Waals surface area (Å²) in [6, 6.07) is 4.88. The molecular formula is C13H13F2NO2S. The van der Waals surface area contributed by atoms with Crippen LogP contribution in [0.15, 0.2) is 29.7 Å². The van der Waals surface area contributed by atoms with E-state index in [2.05, 4.69) is 27.9 Å². The van der Waals surface area contributed by atoms with Crippen LogP contribution in [0, 0.1) is 0 Å². The second-order valence-corrected chi connectivity index (χ2v) is 5.80. The summed E-state index contributed by atoms with van der Waals surface area (Å²) in [7, 11) is 0. The summed E-state index contributed by atoms with van der Waals surface area (Å²) in [5.74, 6) is 0.160. The van der Waals surface area contributed by atoms with Gasteiger partial charge in [0.25, 0.3) is 0 Å². The third-order valence-corrected chi connectivity index (χ3v) is 4.39. The molecule has 3 nitrogen and oxygen atoms in total. The second-order valence-electron chi connectivity index (χ2n) is 4.45. The molecule has 0 spiro atoms. The lowest BCUT2D eigenvalue weighted by Crippen LogP contribution is -2.27. The van der Waals surface area contributed by atoms with Gasteiger partial charge < -0.3 is 14.4 Å². The van der Waals surface area contributed by atoms with Gasteiger partial charge in [-0.05, 0) is 23.5 Å². The van der Waals surface area contributed by atoms with E-state index >= 15 is 0 Å². The van der Waals surface area contributed by atoms with Gasteiger partial charge in [0.1, 0.15) is 0 Å². The Hall–Kier alpha value is -1.43. The smallest absolute Gasteiger partial charge is 0.395 e. The third-order valence-electron chi connectivity index (χ3n) is 3.06. The second kappa shape index (κ2) is 4.30. The highest BCUT2D eigenvalue weighted by molar-refractivity contribution is 8.04. The summed E-state index contributed by atoms with van der Waals surface area (Å²) >= 11 is 1.71. The fourth-order valence-corrected chi connectivity index (χ4v) is 3.35. The van der Waals surface area contributed by atoms with E-state index in [9.17, 15) is 8.78 Å². The SMILES string of the molecule is C=C1CN(c2ccc3c(c2)OC(F)(F)O3)C(CC)S1. The Labute approximate surface area is 114 Å². The molecule has 6 heteroatoms. The highest BCUT2D eigenvalue weighted by atomic mass is 32.2. The molecule has 2 aliphatic heterocycles. The molecular weight excluding hydrogens is 272 g/mol. The Kier molecular flexibility index (Phi) is 2.85. The summed E-state index contributed by atoms with van der Waals surface area (Å²) in [4.78, 5) is 3.21. The van der Waals surface area contributed by atoms with Crippen LogP contribution in [0.1, 0.15) is 13.3 Å². The minimum atomic E-state index is -3.56. The zero-order valence-electron chi connectivity index (χ0n) is 10.4. The van der Waals surface area contributed by atoms with Crippen LogP contribution in [-0.2, 0) is 0 Å². The van der Waals surface area contributed by atoms with E-state index in [-0.39, 0.29) is 16.9 Å². The molecule has 102 valence electrons. The van der Waals surface area contributed by atoms with Crippen molar-refractivity contribution in [2.45, 2.75) is 25.0 Å². The van der Waals surface area contributed by atoms with Crippen molar-refractivity contribution in [3.63, 3.8) is 0 Å². The Morgan fingerprint density at radius 2 is 2.16 bits per heavy atom. The van der Waals surface area contributed by atoms with E-state index in [0.29, 0.717) is 0 Å². The highest BCUT2D eigenvalue weighted by Gasteiger charge is 2.43. The highest BCUT2D eigenvalue weighted by Crippen LogP contribution is 2.45. The van der Waals surface area contributed by atoms with Gasteiger partial charge in [-0.25, -0.2) is 0 Å². The first kappa shape index (κ1) is 12.6. The predicted octanol–water partition coefficient (Wildman–Crippen LogP) is 3.81. The molecule has 1 aromatic rings. The van der Waals surface area contributed by atoms with Gasteiger partial charge in [-0.3, -0.25) is 0 Å². The molecule has 1 unspecified atom stereocenters. The number of alkyl halides is 2. The van der Waals surface area contributed by atoms with E-state index < -0.39 is 6.29 Å². The summed E-state index contributed by atoms with van der Waals surface area (Å²) in [6.07, 6.45) is -2.61. The lowest BCUT2D eigenvalue weighted by molar-refractivity contribution is -0.286. The van der Waals surface area contributed by atoms with Crippen molar-refractivity contribution >= 4 is 17.4 Å². The van der Waals surface area contributed by atoms with Crippen LogP contribution in [0.5, 0.6) is 11.5 Å². The molecule has 0 radical (unpaired) electrons. The molecule has 2 heterocycles. The van der Waals surface area contributed by atoms with Crippen LogP contribution in [0.4, 0.5) is 14.5 Å². The predicted molar refractivity (Wildman–Crippen MR) is 70.8 cm³/mol. The van der Waals surface area contributed by atoms with Crippen molar-refractivity contribution in [1.29, 1.82) is 0 Å². The van der Waals surface area contributed by atoms with Crippen molar-refractivity contribution in [1.82, 2.24) is 0 Å². The van der Waals surface area contributed by atoms with Crippen molar-refractivity contribution in [3.05, 3.63) is 29.7 Å². The van der Waals surface area contributed by atoms with E-state index in [1.807, 2.05) is 0 Å². The van der Waals surface area contributed by atoms with Crippen molar-refractivity contribution < 1.29 is 18.3 Å². The maximum Gasteiger partial charge on any atom is 0.586 e. The maximum atomic E-state index is 13.0. The number of ether oxygens (including phenoxy) is 2. The largest absolute Gasteiger partial charge is 0.586 e. The number of thioether (sulfide) groups is 1. The summed E-state index contributed by atoms with van der Waals surface area (Å²) < 4.78 is 34.8. The fourth-order valence-electron chi connectivity index (χ4n) is 2.26. The van der Waals surface area contributed by atoms with E-state index in [1.54, 1.807) is 23.9 Å². The van der Waals surface area contributed by atoms with Crippen LogP contribution in [-0.4, -0.2) is 18.2 Å². The molecule has 0 aromatic heterocycles. The maximum absolute atomic E-state index is 13.0. The van der Waals surface area contributed by atoms with Crippen LogP contribution >= 0.6 is 11.8 Å². The van der Waals surface area contributed by atoms with Gasteiger partial charge >= 0.3 is 6.29 Å². The van der Waals surface area contributed by atoms with Gasteiger partial charge in [0.2, 0.25) is 0 Å². The zero-order chi connectivity index (χ0) is 13.6. The molecule has 0 N–H and O–H groups in total. The fraction of sp³-hybridized carbons (Fsp3) is 0.385. The van der Waals surface area contributed by atoms with Crippen LogP contribution in [0.25, 0.3) is 0 Å².